The molecule has 0 unspecified atom stereocenters. The largest absolute Gasteiger partial charge is 0.352 e. The Morgan fingerprint density at radius 1 is 1.26 bits per heavy atom. The molecule has 0 amide bonds. The van der Waals surface area contributed by atoms with Crippen molar-refractivity contribution in [2.24, 2.45) is 12.0 Å². The van der Waals surface area contributed by atoms with Crippen molar-refractivity contribution in [2.75, 3.05) is 21.1 Å². The molecule has 0 aliphatic carbocycles. The number of nitrogens with one attached hydrogen (secondary N) is 2. The summed E-state index contributed by atoms with van der Waals surface area (Å²) in [6.07, 6.45) is 1.87. The lowest BCUT2D eigenvalue weighted by atomic mass is 10.1. The molecule has 2 aromatic rings. The first-order valence-electron chi connectivity index (χ1n) is 8.45. The lowest BCUT2D eigenvalue weighted by Crippen LogP contribution is -2.38. The normalized spacial score (nSPS) is 12.3. The van der Waals surface area contributed by atoms with Crippen LogP contribution in [-0.2, 0) is 35.9 Å². The lowest BCUT2D eigenvalue weighted by molar-refractivity contribution is 0.461. The van der Waals surface area contributed by atoms with E-state index in [-0.39, 0.29) is 5.75 Å². The quantitative estimate of drug-likeness (QED) is 0.539. The van der Waals surface area contributed by atoms with Crippen LogP contribution < -0.4 is 10.0 Å². The second-order valence-corrected chi connectivity index (χ2v) is 8.66. The number of halogens is 1. The average molecular weight is 412 g/mol. The first kappa shape index (κ1) is 21.3. The monoisotopic (exact) mass is 411 g/mol. The van der Waals surface area contributed by atoms with Crippen molar-refractivity contribution in [2.45, 2.75) is 18.8 Å². The van der Waals surface area contributed by atoms with Crippen LogP contribution in [0.2, 0.25) is 5.02 Å². The highest BCUT2D eigenvalue weighted by Gasteiger charge is 2.11. The zero-order chi connectivity index (χ0) is 20.0. The van der Waals surface area contributed by atoms with Gasteiger partial charge >= 0.3 is 0 Å². The molecule has 0 radical (unpaired) electrons. The number of hydrogen-bond donors (Lipinski definition) is 2. The Morgan fingerprint density at radius 3 is 2.41 bits per heavy atom. The van der Waals surface area contributed by atoms with Gasteiger partial charge in [-0.15, -0.1) is 0 Å². The average Bonchev–Trinajstić information content (AvgIpc) is 2.93. The number of hydrogen-bond acceptors (Lipinski definition) is 3. The van der Waals surface area contributed by atoms with Crippen LogP contribution in [0.1, 0.15) is 16.8 Å². The molecule has 0 aliphatic rings. The first-order valence-corrected chi connectivity index (χ1v) is 10.5. The van der Waals surface area contributed by atoms with Crippen molar-refractivity contribution in [3.63, 3.8) is 0 Å². The summed E-state index contributed by atoms with van der Waals surface area (Å²) in [6, 6.07) is 9.41. The molecular weight excluding hydrogens is 386 g/mol. The number of aryl methyl sites for hydroxylation is 1. The van der Waals surface area contributed by atoms with E-state index in [1.54, 1.807) is 7.05 Å². The summed E-state index contributed by atoms with van der Waals surface area (Å²) < 4.78 is 27.5. The van der Waals surface area contributed by atoms with Crippen LogP contribution in [0.5, 0.6) is 0 Å². The predicted molar refractivity (Wildman–Crippen MR) is 110 cm³/mol. The molecule has 0 saturated carbocycles. The number of rotatable bonds is 7. The van der Waals surface area contributed by atoms with Gasteiger partial charge in [0, 0.05) is 39.6 Å². The number of guanidine groups is 1. The van der Waals surface area contributed by atoms with Gasteiger partial charge < -0.3 is 14.8 Å². The minimum absolute atomic E-state index is 0.0269. The molecule has 0 aliphatic heterocycles. The van der Waals surface area contributed by atoms with Crippen LogP contribution >= 0.6 is 11.6 Å². The molecule has 2 rings (SSSR count). The lowest BCUT2D eigenvalue weighted by Gasteiger charge is -2.22. The van der Waals surface area contributed by atoms with Crippen molar-refractivity contribution in [3.05, 3.63) is 58.4 Å². The second-order valence-electron chi connectivity index (χ2n) is 6.30. The van der Waals surface area contributed by atoms with E-state index < -0.39 is 10.0 Å². The third-order valence-electron chi connectivity index (χ3n) is 4.19. The highest BCUT2D eigenvalue weighted by Crippen LogP contribution is 2.14. The van der Waals surface area contributed by atoms with Gasteiger partial charge in [0.1, 0.15) is 0 Å². The Labute approximate surface area is 166 Å². The molecule has 0 fully saturated rings. The van der Waals surface area contributed by atoms with Gasteiger partial charge in [-0.3, -0.25) is 4.99 Å². The van der Waals surface area contributed by atoms with Gasteiger partial charge in [0.15, 0.2) is 5.96 Å². The number of nitrogens with zero attached hydrogens (tertiary/aromatic N) is 3. The van der Waals surface area contributed by atoms with Gasteiger partial charge in [-0.25, -0.2) is 13.1 Å². The Balaban J connectivity index is 1.94. The Hall–Kier alpha value is -2.03. The fraction of sp³-hybridized carbons (Fsp3) is 0.389. The summed E-state index contributed by atoms with van der Waals surface area (Å²) in [4.78, 5) is 6.33. The van der Waals surface area contributed by atoms with Crippen molar-refractivity contribution < 1.29 is 8.42 Å². The minimum atomic E-state index is -3.26. The number of aliphatic imine (C=N–C) groups is 1. The van der Waals surface area contributed by atoms with E-state index in [2.05, 4.69) is 15.0 Å². The summed E-state index contributed by atoms with van der Waals surface area (Å²) in [6.45, 7) is 1.26. The zero-order valence-electron chi connectivity index (χ0n) is 16.0. The molecule has 0 atom stereocenters. The first-order chi connectivity index (χ1) is 12.7. The molecule has 7 nitrogen and oxygen atoms in total. The van der Waals surface area contributed by atoms with Crippen molar-refractivity contribution in [1.29, 1.82) is 0 Å². The van der Waals surface area contributed by atoms with Crippen molar-refractivity contribution in [3.8, 4) is 0 Å². The van der Waals surface area contributed by atoms with E-state index in [0.717, 1.165) is 22.8 Å². The third-order valence-corrected chi connectivity index (χ3v) is 5.73. The molecule has 2 N–H and O–H groups in total. The molecule has 0 saturated heterocycles. The van der Waals surface area contributed by atoms with Gasteiger partial charge in [0.05, 0.1) is 17.3 Å². The topological polar surface area (TPSA) is 78.7 Å². The van der Waals surface area contributed by atoms with E-state index >= 15 is 0 Å². The summed E-state index contributed by atoms with van der Waals surface area (Å²) in [7, 11) is 3.81. The van der Waals surface area contributed by atoms with Gasteiger partial charge in [-0.05, 0) is 24.2 Å². The van der Waals surface area contributed by atoms with Crippen LogP contribution in [0.15, 0.2) is 41.5 Å². The Bertz CT molecular complexity index is 891. The Kier molecular flexibility index (Phi) is 7.29. The molecule has 1 aromatic carbocycles. The maximum atomic E-state index is 11.6. The third kappa shape index (κ3) is 6.27. The smallest absolute Gasteiger partial charge is 0.215 e. The highest BCUT2D eigenvalue weighted by atomic mass is 35.5. The molecule has 27 heavy (non-hydrogen) atoms. The maximum absolute atomic E-state index is 11.6. The molecule has 1 aromatic heterocycles. The maximum Gasteiger partial charge on any atom is 0.215 e. The summed E-state index contributed by atoms with van der Waals surface area (Å²) in [5, 5.41) is 4.03. The standard InChI is InChI=1S/C18H26ClN5O2S/c1-20-18(24(4)12-17-9-16(19)11-23(17)3)22-10-14-5-7-15(8-6-14)13-27(25,26)21-2/h5-9,11,21H,10,12-13H2,1-4H3,(H,20,22). The number of aromatic nitrogens is 1. The number of sulfonamides is 1. The molecule has 0 spiro atoms. The van der Waals surface area contributed by atoms with Gasteiger partial charge in [-0.2, -0.15) is 0 Å². The van der Waals surface area contributed by atoms with Crippen LogP contribution in [0.3, 0.4) is 0 Å². The van der Waals surface area contributed by atoms with E-state index in [1.165, 1.54) is 7.05 Å². The molecule has 9 heteroatoms. The minimum Gasteiger partial charge on any atom is -0.352 e. The highest BCUT2D eigenvalue weighted by molar-refractivity contribution is 7.88. The van der Waals surface area contributed by atoms with E-state index in [9.17, 15) is 8.42 Å². The summed E-state index contributed by atoms with van der Waals surface area (Å²) >= 11 is 6.04. The Morgan fingerprint density at radius 2 is 1.89 bits per heavy atom. The van der Waals surface area contributed by atoms with Crippen LogP contribution in [0.25, 0.3) is 0 Å². The molecule has 1 heterocycles. The van der Waals surface area contributed by atoms with Crippen molar-refractivity contribution in [1.82, 2.24) is 19.5 Å². The fourth-order valence-electron chi connectivity index (χ4n) is 2.65. The number of benzene rings is 1. The molecule has 148 valence electrons. The summed E-state index contributed by atoms with van der Waals surface area (Å²) in [5.74, 6) is 0.732. The van der Waals surface area contributed by atoms with Gasteiger partial charge in [-0.1, -0.05) is 35.9 Å². The van der Waals surface area contributed by atoms with Crippen LogP contribution in [-0.4, -0.2) is 45.0 Å². The van der Waals surface area contributed by atoms with Gasteiger partial charge in [0.25, 0.3) is 0 Å². The predicted octanol–water partition coefficient (Wildman–Crippen LogP) is 1.94. The van der Waals surface area contributed by atoms with Crippen molar-refractivity contribution >= 4 is 27.6 Å². The van der Waals surface area contributed by atoms with E-state index in [1.807, 2.05) is 60.1 Å². The van der Waals surface area contributed by atoms with Crippen LogP contribution in [0.4, 0.5) is 0 Å². The fourth-order valence-corrected chi connectivity index (χ4v) is 3.70. The van der Waals surface area contributed by atoms with E-state index in [0.29, 0.717) is 18.1 Å². The summed E-state index contributed by atoms with van der Waals surface area (Å²) in [5.41, 5.74) is 2.87. The molecular formula is C18H26ClN5O2S. The van der Waals surface area contributed by atoms with Gasteiger partial charge in [0.2, 0.25) is 10.0 Å². The van der Waals surface area contributed by atoms with Crippen LogP contribution in [0, 0.1) is 0 Å². The van der Waals surface area contributed by atoms with E-state index in [4.69, 9.17) is 11.6 Å². The molecule has 0 bridgehead atoms. The second kappa shape index (κ2) is 9.25. The zero-order valence-corrected chi connectivity index (χ0v) is 17.6. The SMILES string of the molecule is CN=C(NCc1ccc(CS(=O)(=O)NC)cc1)N(C)Cc1cc(Cl)cn1C.